The topological polar surface area (TPSA) is 145 Å². The highest BCUT2D eigenvalue weighted by atomic mass is 32.1. The Bertz CT molecular complexity index is 931. The Hall–Kier alpha value is -2.03. The number of methoxy groups -OCH3 is 1. The molecule has 3 heterocycles. The van der Waals surface area contributed by atoms with Crippen LogP contribution in [0.2, 0.25) is 0 Å². The fourth-order valence-corrected chi connectivity index (χ4v) is 4.15. The summed E-state index contributed by atoms with van der Waals surface area (Å²) in [6, 6.07) is 1.64. The summed E-state index contributed by atoms with van der Waals surface area (Å²) in [7, 11) is 0.942. The molecule has 0 unspecified atom stereocenters. The first-order valence-electron chi connectivity index (χ1n) is 8.61. The van der Waals surface area contributed by atoms with Crippen LogP contribution in [-0.2, 0) is 32.7 Å². The van der Waals surface area contributed by atoms with Gasteiger partial charge in [0, 0.05) is 16.9 Å². The van der Waals surface area contributed by atoms with Crippen LogP contribution in [0.25, 0.3) is 0 Å². The number of aliphatic hydroxyl groups is 4. The van der Waals surface area contributed by atoms with Gasteiger partial charge in [0.05, 0.1) is 7.11 Å². The van der Waals surface area contributed by atoms with Crippen molar-refractivity contribution in [3.05, 3.63) is 38.8 Å². The molecule has 3 rings (SSSR count). The number of nitrogens with zero attached hydrogens (tertiary/aromatic N) is 1. The lowest BCUT2D eigenvalue weighted by molar-refractivity contribution is -0.351. The Morgan fingerprint density at radius 1 is 1.37 bits per heavy atom. The Morgan fingerprint density at radius 2 is 2.03 bits per heavy atom. The Labute approximate surface area is 171 Å². The number of thiophene rings is 1. The molecule has 1 aliphatic heterocycles. The molecular weight excluding hydrogens is 433 g/mol. The lowest BCUT2D eigenvalue weighted by Crippen LogP contribution is -2.65. The van der Waals surface area contributed by atoms with Gasteiger partial charge in [0.2, 0.25) is 5.79 Å². The van der Waals surface area contributed by atoms with E-state index in [-0.39, 0.29) is 6.42 Å². The molecule has 2 aromatic heterocycles. The van der Waals surface area contributed by atoms with Crippen molar-refractivity contribution in [2.45, 2.75) is 49.7 Å². The highest BCUT2D eigenvalue weighted by molar-refractivity contribution is 7.10. The fourth-order valence-electron chi connectivity index (χ4n) is 3.27. The van der Waals surface area contributed by atoms with Crippen molar-refractivity contribution in [3.8, 4) is 0 Å². The van der Waals surface area contributed by atoms with Crippen LogP contribution in [0.3, 0.4) is 0 Å². The maximum absolute atomic E-state index is 13.5. The quantitative estimate of drug-likeness (QED) is 0.414. The zero-order valence-corrected chi connectivity index (χ0v) is 16.5. The summed E-state index contributed by atoms with van der Waals surface area (Å²) in [6.45, 7) is 1.75. The van der Waals surface area contributed by atoms with E-state index in [0.717, 1.165) is 12.7 Å². The molecule has 0 aromatic carbocycles. The minimum absolute atomic E-state index is 0.334. The summed E-state index contributed by atoms with van der Waals surface area (Å²) in [5.41, 5.74) is -1.79. The molecule has 9 nitrogen and oxygen atoms in total. The average Bonchev–Trinajstić information content (AvgIpc) is 3.29. The van der Waals surface area contributed by atoms with E-state index >= 15 is 0 Å². The first-order chi connectivity index (χ1) is 13.9. The predicted octanol–water partition coefficient (Wildman–Crippen LogP) is 0.189. The van der Waals surface area contributed by atoms with Gasteiger partial charge in [-0.3, -0.25) is 5.10 Å². The van der Waals surface area contributed by atoms with E-state index in [1.54, 1.807) is 18.4 Å². The molecule has 0 radical (unpaired) electrons. The van der Waals surface area contributed by atoms with Gasteiger partial charge in [-0.1, -0.05) is 0 Å². The lowest BCUT2D eigenvalue weighted by atomic mass is 9.88. The van der Waals surface area contributed by atoms with Crippen LogP contribution in [-0.4, -0.2) is 68.1 Å². The second-order valence-corrected chi connectivity index (χ2v) is 7.87. The first kappa shape index (κ1) is 22.7. The largest absolute Gasteiger partial charge is 0.467 e. The average molecular weight is 452 g/mol. The van der Waals surface area contributed by atoms with Crippen molar-refractivity contribution in [1.82, 2.24) is 10.2 Å². The number of esters is 1. The number of ether oxygens (including phenoxy) is 2. The normalized spacial score (nSPS) is 29.8. The molecular formula is C17H19F3N2O7S. The predicted molar refractivity (Wildman–Crippen MR) is 94.3 cm³/mol. The number of nitrogens with one attached hydrogen (secondary N) is 1. The third-order valence-corrected chi connectivity index (χ3v) is 5.81. The van der Waals surface area contributed by atoms with Gasteiger partial charge < -0.3 is 29.9 Å². The molecule has 0 saturated carbocycles. The van der Waals surface area contributed by atoms with Crippen LogP contribution < -0.4 is 0 Å². The molecule has 0 amide bonds. The van der Waals surface area contributed by atoms with Crippen molar-refractivity contribution >= 4 is 17.3 Å². The van der Waals surface area contributed by atoms with Gasteiger partial charge in [0.1, 0.15) is 24.0 Å². The Balaban J connectivity index is 2.12. The number of H-pyrrole nitrogens is 1. The van der Waals surface area contributed by atoms with E-state index < -0.39 is 59.3 Å². The van der Waals surface area contributed by atoms with Gasteiger partial charge in [-0.05, 0) is 23.9 Å². The molecule has 0 aliphatic carbocycles. The van der Waals surface area contributed by atoms with Gasteiger partial charge in [-0.15, -0.1) is 11.3 Å². The standard InChI is InChI=1S/C17H19F3N2O7S/c1-6-3-7(30-5-6)4-8-12(21-22-13(8)17(18,19)20)16(27)14(25)10(24)9(23)11(29-16)15(26)28-2/h3,5,9-11,14,23-25,27H,4H2,1-2H3,(H,21,22)/t9-,10-,11-,14+,16+/m0/s1. The number of hydrogen-bond acceptors (Lipinski definition) is 9. The monoisotopic (exact) mass is 452 g/mol. The molecule has 1 fully saturated rings. The summed E-state index contributed by atoms with van der Waals surface area (Å²) in [5, 5.41) is 48.3. The summed E-state index contributed by atoms with van der Waals surface area (Å²) < 4.78 is 50.1. The van der Waals surface area contributed by atoms with E-state index in [2.05, 4.69) is 9.84 Å². The number of carbonyl (C=O) groups excluding carboxylic acids is 1. The maximum atomic E-state index is 13.5. The Kier molecular flexibility index (Phi) is 5.97. The number of aryl methyl sites for hydroxylation is 1. The summed E-state index contributed by atoms with van der Waals surface area (Å²) in [5.74, 6) is -4.23. The van der Waals surface area contributed by atoms with Crippen molar-refractivity contribution < 1.29 is 47.9 Å². The fraction of sp³-hybridized carbons (Fsp3) is 0.529. The number of alkyl halides is 3. The number of carbonyl (C=O) groups is 1. The van der Waals surface area contributed by atoms with Crippen LogP contribution >= 0.6 is 11.3 Å². The summed E-state index contributed by atoms with van der Waals surface area (Å²) in [6.07, 6.45) is -13.7. The van der Waals surface area contributed by atoms with Crippen molar-refractivity contribution in [2.24, 2.45) is 0 Å². The number of aliphatic hydroxyl groups excluding tert-OH is 3. The molecule has 1 aliphatic rings. The molecule has 5 atom stereocenters. The van der Waals surface area contributed by atoms with E-state index in [1.165, 1.54) is 11.3 Å². The van der Waals surface area contributed by atoms with Gasteiger partial charge in [0.25, 0.3) is 0 Å². The Morgan fingerprint density at radius 3 is 2.57 bits per heavy atom. The lowest BCUT2D eigenvalue weighted by Gasteiger charge is -2.44. The molecule has 30 heavy (non-hydrogen) atoms. The van der Waals surface area contributed by atoms with Crippen LogP contribution in [0.4, 0.5) is 13.2 Å². The molecule has 13 heteroatoms. The summed E-state index contributed by atoms with van der Waals surface area (Å²) >= 11 is 1.17. The molecule has 0 bridgehead atoms. The molecule has 1 saturated heterocycles. The van der Waals surface area contributed by atoms with Crippen LogP contribution in [0.15, 0.2) is 11.4 Å². The number of hydrogen-bond donors (Lipinski definition) is 5. The van der Waals surface area contributed by atoms with Gasteiger partial charge >= 0.3 is 12.1 Å². The second kappa shape index (κ2) is 7.90. The third-order valence-electron chi connectivity index (χ3n) is 4.75. The minimum atomic E-state index is -4.91. The second-order valence-electron chi connectivity index (χ2n) is 6.87. The zero-order chi connectivity index (χ0) is 22.4. The van der Waals surface area contributed by atoms with Crippen LogP contribution in [0.1, 0.15) is 27.4 Å². The highest BCUT2D eigenvalue weighted by Gasteiger charge is 2.58. The zero-order valence-electron chi connectivity index (χ0n) is 15.7. The number of halogens is 3. The molecule has 5 N–H and O–H groups in total. The van der Waals surface area contributed by atoms with Crippen molar-refractivity contribution in [2.75, 3.05) is 7.11 Å². The molecule has 166 valence electrons. The van der Waals surface area contributed by atoms with Crippen molar-refractivity contribution in [1.29, 1.82) is 0 Å². The van der Waals surface area contributed by atoms with Crippen molar-refractivity contribution in [3.63, 3.8) is 0 Å². The number of rotatable bonds is 4. The highest BCUT2D eigenvalue weighted by Crippen LogP contribution is 2.42. The number of aromatic amines is 1. The van der Waals surface area contributed by atoms with E-state index in [9.17, 15) is 38.4 Å². The minimum Gasteiger partial charge on any atom is -0.467 e. The summed E-state index contributed by atoms with van der Waals surface area (Å²) in [4.78, 5) is 12.4. The van der Waals surface area contributed by atoms with Crippen LogP contribution in [0, 0.1) is 6.92 Å². The SMILES string of the molecule is COC(=O)[C@H]1O[C@](O)(c2[nH]nc(C(F)(F)F)c2Cc2cc(C)cs2)[C@H](O)[C@@H](O)[C@@H]1O. The molecule has 0 spiro atoms. The smallest absolute Gasteiger partial charge is 0.435 e. The number of aromatic nitrogens is 2. The van der Waals surface area contributed by atoms with Gasteiger partial charge in [-0.2, -0.15) is 18.3 Å². The van der Waals surface area contributed by atoms with Gasteiger partial charge in [-0.25, -0.2) is 4.79 Å². The molecule has 2 aromatic rings. The first-order valence-corrected chi connectivity index (χ1v) is 9.49. The van der Waals surface area contributed by atoms with Crippen LogP contribution in [0.5, 0.6) is 0 Å². The van der Waals surface area contributed by atoms with E-state index in [1.807, 2.05) is 5.10 Å². The third kappa shape index (κ3) is 3.84. The van der Waals surface area contributed by atoms with E-state index in [4.69, 9.17) is 4.74 Å². The van der Waals surface area contributed by atoms with E-state index in [0.29, 0.717) is 4.88 Å². The van der Waals surface area contributed by atoms with Gasteiger partial charge in [0.15, 0.2) is 11.8 Å². The maximum Gasteiger partial charge on any atom is 0.435 e.